The fraction of sp³-hybridized carbons (Fsp3) is 0.200. The maximum atomic E-state index is 12.0. The molecule has 0 unspecified atom stereocenters. The molecule has 0 fully saturated rings. The van der Waals surface area contributed by atoms with Gasteiger partial charge in [-0.25, -0.2) is 9.78 Å². The van der Waals surface area contributed by atoms with E-state index in [1.807, 2.05) is 25.1 Å². The Kier molecular flexibility index (Phi) is 4.12. The van der Waals surface area contributed by atoms with Gasteiger partial charge in [0, 0.05) is 0 Å². The molecule has 3 rings (SSSR count). The predicted molar refractivity (Wildman–Crippen MR) is 85.0 cm³/mol. The van der Waals surface area contributed by atoms with Crippen LogP contribution in [0.4, 0.5) is 11.5 Å². The summed E-state index contributed by atoms with van der Waals surface area (Å²) in [5.74, 6) is -0.232. The van der Waals surface area contributed by atoms with Crippen LogP contribution in [0, 0.1) is 6.92 Å². The molecule has 1 aromatic carbocycles. The summed E-state index contributed by atoms with van der Waals surface area (Å²) in [7, 11) is 0. The summed E-state index contributed by atoms with van der Waals surface area (Å²) in [6.45, 7) is 3.88. The molecule has 118 valence electrons. The highest BCUT2D eigenvalue weighted by atomic mass is 35.5. The third kappa shape index (κ3) is 2.95. The number of rotatable bonds is 4. The maximum Gasteiger partial charge on any atom is 0.361 e. The first-order chi connectivity index (χ1) is 11.1. The smallest absolute Gasteiger partial charge is 0.361 e. The van der Waals surface area contributed by atoms with Gasteiger partial charge in [0.1, 0.15) is 17.5 Å². The van der Waals surface area contributed by atoms with Crippen molar-refractivity contribution in [1.29, 1.82) is 0 Å². The average Bonchev–Trinajstić information content (AvgIpc) is 2.95. The van der Waals surface area contributed by atoms with E-state index in [-0.39, 0.29) is 18.0 Å². The Hall–Kier alpha value is -2.67. The van der Waals surface area contributed by atoms with Crippen molar-refractivity contribution in [2.75, 3.05) is 11.9 Å². The van der Waals surface area contributed by atoms with Crippen LogP contribution in [0.2, 0.25) is 5.02 Å². The monoisotopic (exact) mass is 332 g/mol. The van der Waals surface area contributed by atoms with Gasteiger partial charge in [-0.3, -0.25) is 0 Å². The minimum Gasteiger partial charge on any atom is -0.461 e. The molecule has 0 aliphatic carbocycles. The fourth-order valence-corrected chi connectivity index (χ4v) is 2.35. The number of fused-ring (bicyclic) bond motifs is 1. The van der Waals surface area contributed by atoms with Crippen molar-refractivity contribution >= 4 is 40.2 Å². The predicted octanol–water partition coefficient (Wildman–Crippen LogP) is 3.50. The summed E-state index contributed by atoms with van der Waals surface area (Å²) >= 11 is 6.22. The quantitative estimate of drug-likeness (QED) is 0.731. The van der Waals surface area contributed by atoms with E-state index in [4.69, 9.17) is 20.9 Å². The number of hydrogen-bond donors (Lipinski definition) is 1. The van der Waals surface area contributed by atoms with Gasteiger partial charge in [-0.05, 0) is 31.5 Å². The van der Waals surface area contributed by atoms with Crippen molar-refractivity contribution in [3.8, 4) is 0 Å². The van der Waals surface area contributed by atoms with Gasteiger partial charge in [0.25, 0.3) is 5.71 Å². The first-order valence-corrected chi connectivity index (χ1v) is 7.28. The van der Waals surface area contributed by atoms with E-state index >= 15 is 0 Å². The van der Waals surface area contributed by atoms with Crippen LogP contribution in [-0.4, -0.2) is 27.7 Å². The second-order valence-corrected chi connectivity index (χ2v) is 5.17. The molecule has 0 saturated heterocycles. The van der Waals surface area contributed by atoms with Gasteiger partial charge in [-0.1, -0.05) is 22.8 Å². The molecule has 0 amide bonds. The van der Waals surface area contributed by atoms with E-state index in [2.05, 4.69) is 20.4 Å². The minimum atomic E-state index is -0.598. The average molecular weight is 333 g/mol. The summed E-state index contributed by atoms with van der Waals surface area (Å²) < 4.78 is 10.0. The number of aromatic nitrogens is 3. The number of nitrogens with zero attached hydrogens (tertiary/aromatic N) is 3. The zero-order chi connectivity index (χ0) is 16.4. The lowest BCUT2D eigenvalue weighted by molar-refractivity contribution is 0.0517. The van der Waals surface area contributed by atoms with Gasteiger partial charge in [-0.15, -0.1) is 0 Å². The molecule has 0 bridgehead atoms. The molecular formula is C15H13ClN4O3. The highest BCUT2D eigenvalue weighted by molar-refractivity contribution is 6.33. The topological polar surface area (TPSA) is 90.1 Å². The highest BCUT2D eigenvalue weighted by Gasteiger charge is 2.22. The first-order valence-electron chi connectivity index (χ1n) is 6.90. The third-order valence-corrected chi connectivity index (χ3v) is 3.43. The standard InChI is InChI=1S/C15H13ClN4O3/c1-3-22-15(21)12-11-13(17-7-18-14(11)23-20-12)19-10-5-4-8(2)6-9(10)16/h4-7H,3H2,1-2H3,(H,17,18,19). The number of ether oxygens (including phenoxy) is 1. The minimum absolute atomic E-state index is 0.0215. The van der Waals surface area contributed by atoms with Gasteiger partial charge < -0.3 is 14.6 Å². The van der Waals surface area contributed by atoms with Crippen molar-refractivity contribution < 1.29 is 14.1 Å². The van der Waals surface area contributed by atoms with Crippen LogP contribution < -0.4 is 5.32 Å². The van der Waals surface area contributed by atoms with Crippen LogP contribution >= 0.6 is 11.6 Å². The molecule has 0 radical (unpaired) electrons. The maximum absolute atomic E-state index is 12.0. The van der Waals surface area contributed by atoms with E-state index in [1.54, 1.807) is 6.92 Å². The van der Waals surface area contributed by atoms with Crippen LogP contribution in [0.3, 0.4) is 0 Å². The second kappa shape index (κ2) is 6.21. The normalized spacial score (nSPS) is 10.7. The van der Waals surface area contributed by atoms with Crippen LogP contribution in [0.1, 0.15) is 23.0 Å². The van der Waals surface area contributed by atoms with E-state index in [9.17, 15) is 4.79 Å². The zero-order valence-electron chi connectivity index (χ0n) is 12.5. The molecule has 23 heavy (non-hydrogen) atoms. The molecular weight excluding hydrogens is 320 g/mol. The van der Waals surface area contributed by atoms with Crippen molar-refractivity contribution in [2.45, 2.75) is 13.8 Å². The number of esters is 1. The molecule has 2 heterocycles. The second-order valence-electron chi connectivity index (χ2n) is 4.76. The molecule has 3 aromatic rings. The zero-order valence-corrected chi connectivity index (χ0v) is 13.2. The number of carbonyl (C=O) groups is 1. The number of carbonyl (C=O) groups excluding carboxylic acids is 1. The molecule has 0 spiro atoms. The summed E-state index contributed by atoms with van der Waals surface area (Å²) in [4.78, 5) is 20.1. The van der Waals surface area contributed by atoms with Gasteiger partial charge in [0.05, 0.1) is 17.3 Å². The molecule has 8 heteroatoms. The van der Waals surface area contributed by atoms with E-state index in [1.165, 1.54) is 6.33 Å². The summed E-state index contributed by atoms with van der Waals surface area (Å²) in [5.41, 5.74) is 1.89. The van der Waals surface area contributed by atoms with E-state index in [0.717, 1.165) is 5.56 Å². The number of anilines is 2. The van der Waals surface area contributed by atoms with Gasteiger partial charge >= 0.3 is 5.97 Å². The largest absolute Gasteiger partial charge is 0.461 e. The van der Waals surface area contributed by atoms with Gasteiger partial charge in [0.2, 0.25) is 5.69 Å². The third-order valence-electron chi connectivity index (χ3n) is 3.12. The molecule has 7 nitrogen and oxygen atoms in total. The Morgan fingerprint density at radius 2 is 2.22 bits per heavy atom. The van der Waals surface area contributed by atoms with Gasteiger partial charge in [-0.2, -0.15) is 4.98 Å². The van der Waals surface area contributed by atoms with Crippen LogP contribution in [-0.2, 0) is 4.74 Å². The van der Waals surface area contributed by atoms with Crippen LogP contribution in [0.5, 0.6) is 0 Å². The number of halogens is 1. The fourth-order valence-electron chi connectivity index (χ4n) is 2.07. The Labute approximate surface area is 136 Å². The summed E-state index contributed by atoms with van der Waals surface area (Å²) in [6, 6.07) is 5.55. The molecule has 0 aliphatic rings. The van der Waals surface area contributed by atoms with Gasteiger partial charge in [0.15, 0.2) is 0 Å². The molecule has 0 aliphatic heterocycles. The lowest BCUT2D eigenvalue weighted by atomic mass is 10.2. The number of hydrogen-bond acceptors (Lipinski definition) is 7. The van der Waals surface area contributed by atoms with E-state index < -0.39 is 5.97 Å². The van der Waals surface area contributed by atoms with Crippen LogP contribution in [0.25, 0.3) is 11.1 Å². The van der Waals surface area contributed by atoms with Crippen molar-refractivity contribution in [3.05, 3.63) is 40.8 Å². The van der Waals surface area contributed by atoms with Crippen molar-refractivity contribution in [3.63, 3.8) is 0 Å². The number of nitrogens with one attached hydrogen (secondary N) is 1. The Morgan fingerprint density at radius 1 is 1.39 bits per heavy atom. The molecule has 1 N–H and O–H groups in total. The first kappa shape index (κ1) is 15.2. The highest BCUT2D eigenvalue weighted by Crippen LogP contribution is 2.30. The summed E-state index contributed by atoms with van der Waals surface area (Å²) in [6.07, 6.45) is 1.31. The Balaban J connectivity index is 2.06. The Bertz CT molecular complexity index is 878. The summed E-state index contributed by atoms with van der Waals surface area (Å²) in [5, 5.41) is 7.69. The van der Waals surface area contributed by atoms with Crippen LogP contribution in [0.15, 0.2) is 29.0 Å². The lowest BCUT2D eigenvalue weighted by Gasteiger charge is -2.09. The molecule has 0 saturated carbocycles. The van der Waals surface area contributed by atoms with Crippen molar-refractivity contribution in [2.24, 2.45) is 0 Å². The molecule has 2 aromatic heterocycles. The van der Waals surface area contributed by atoms with Crippen molar-refractivity contribution in [1.82, 2.24) is 15.1 Å². The SMILES string of the molecule is CCOC(=O)c1noc2ncnc(Nc3ccc(C)cc3Cl)c12. The number of benzene rings is 1. The Morgan fingerprint density at radius 3 is 2.96 bits per heavy atom. The molecule has 0 atom stereocenters. The lowest BCUT2D eigenvalue weighted by Crippen LogP contribution is -2.06. The van der Waals surface area contributed by atoms with E-state index in [0.29, 0.717) is 21.9 Å². The number of aryl methyl sites for hydroxylation is 1.